The van der Waals surface area contributed by atoms with Crippen molar-refractivity contribution in [2.75, 3.05) is 0 Å². The van der Waals surface area contributed by atoms with E-state index in [1.54, 1.807) is 19.1 Å². The summed E-state index contributed by atoms with van der Waals surface area (Å²) in [6, 6.07) is 2.52. The molecule has 5 aliphatic heterocycles. The van der Waals surface area contributed by atoms with Gasteiger partial charge in [-0.15, -0.1) is 0 Å². The topological polar surface area (TPSA) is 186 Å². The minimum atomic E-state index is -1.37. The number of aliphatic carboxylic acids is 1. The van der Waals surface area contributed by atoms with E-state index in [1.807, 2.05) is 60.6 Å². The summed E-state index contributed by atoms with van der Waals surface area (Å²) in [4.78, 5) is 40.0. The van der Waals surface area contributed by atoms with Crippen LogP contribution < -0.4 is 40.0 Å². The smallest absolute Gasteiger partial charge is 0.550 e. The summed E-state index contributed by atoms with van der Waals surface area (Å²) in [5, 5.41) is 38.0. The van der Waals surface area contributed by atoms with Crippen LogP contribution in [0.5, 0.6) is 0 Å². The van der Waals surface area contributed by atoms with E-state index >= 15 is 0 Å². The zero-order valence-corrected chi connectivity index (χ0v) is 40.5. The van der Waals surface area contributed by atoms with Gasteiger partial charge in [-0.1, -0.05) is 61.5 Å². The molecule has 1 aromatic heterocycles. The minimum Gasteiger partial charge on any atom is -0.550 e. The number of carboxylic acids is 1. The second kappa shape index (κ2) is 19.8. The molecule has 338 valence electrons. The third kappa shape index (κ3) is 9.82. The van der Waals surface area contributed by atoms with Gasteiger partial charge in [0.25, 0.3) is 5.91 Å². The number of furan rings is 1. The van der Waals surface area contributed by atoms with Crippen molar-refractivity contribution in [3.05, 3.63) is 36.3 Å². The number of ether oxygens (including phenoxy) is 5. The first-order valence-corrected chi connectivity index (χ1v) is 22.8. The van der Waals surface area contributed by atoms with Crippen LogP contribution in [-0.4, -0.2) is 93.3 Å². The number of hydrogen-bond acceptors (Lipinski definition) is 12. The van der Waals surface area contributed by atoms with E-state index in [0.29, 0.717) is 57.8 Å². The number of aliphatic hydroxyl groups excluding tert-OH is 1. The standard InChI is InChI=1S/C47H73NO12.Na/c1-11-32(43(52)53)34-17-16-26(4)40(57-34)30(8)38(49)29(7)39(50)33(12-2)41-27(5)25-28(6)46(58-41)21-18-36(48-42(51)35-15-14-24-55-35)47(60-46)23-22-44(10,59-47)37-19-20-45(54,13-3)31(9)56-37;/h14-15,18,21,24,26-34,36-38,40-41,49,54H,11-13,16-17,19-20,22-23,25H2,1-10H3,(H,48,51)(H,52,53);/q;+1/p-1/t26-,27-,28+,29-,30-,31-,32+,33-,34+,36-,37+,38+,40+,41-,44-,45+,46-,47-;/m0./s1. The van der Waals surface area contributed by atoms with Crippen LogP contribution in [0.15, 0.2) is 35.0 Å². The number of rotatable bonds is 14. The van der Waals surface area contributed by atoms with Crippen LogP contribution in [0.25, 0.3) is 0 Å². The van der Waals surface area contributed by atoms with Crippen molar-refractivity contribution in [1.29, 1.82) is 0 Å². The molecule has 0 unspecified atom stereocenters. The van der Waals surface area contributed by atoms with E-state index in [2.05, 4.69) is 19.2 Å². The summed E-state index contributed by atoms with van der Waals surface area (Å²) in [7, 11) is 0. The number of hydrogen-bond donors (Lipinski definition) is 3. The molecule has 0 radical (unpaired) electrons. The van der Waals surface area contributed by atoms with E-state index in [4.69, 9.17) is 28.1 Å². The van der Waals surface area contributed by atoms with Gasteiger partial charge >= 0.3 is 29.6 Å². The van der Waals surface area contributed by atoms with Crippen molar-refractivity contribution in [2.45, 2.75) is 199 Å². The number of carbonyl (C=O) groups is 3. The zero-order chi connectivity index (χ0) is 43.9. The van der Waals surface area contributed by atoms with Gasteiger partial charge in [-0.05, 0) is 102 Å². The fourth-order valence-electron chi connectivity index (χ4n) is 11.3. The first-order valence-electron chi connectivity index (χ1n) is 22.8. The summed E-state index contributed by atoms with van der Waals surface area (Å²) in [5.74, 6) is -6.82. The average Bonchev–Trinajstić information content (AvgIpc) is 3.88. The molecule has 0 saturated carbocycles. The van der Waals surface area contributed by atoms with Crippen molar-refractivity contribution in [3.8, 4) is 0 Å². The maximum absolute atomic E-state index is 14.6. The summed E-state index contributed by atoms with van der Waals surface area (Å²) in [6.07, 6.45) is 7.51. The van der Waals surface area contributed by atoms with Crippen molar-refractivity contribution in [1.82, 2.24) is 5.32 Å². The van der Waals surface area contributed by atoms with Gasteiger partial charge in [0.15, 0.2) is 17.3 Å². The summed E-state index contributed by atoms with van der Waals surface area (Å²) in [5.41, 5.74) is -1.74. The van der Waals surface area contributed by atoms with E-state index in [-0.39, 0.29) is 65.0 Å². The summed E-state index contributed by atoms with van der Waals surface area (Å²) >= 11 is 0. The molecule has 5 aliphatic rings. The third-order valence-electron chi connectivity index (χ3n) is 15.5. The van der Waals surface area contributed by atoms with Crippen molar-refractivity contribution >= 4 is 17.7 Å². The molecule has 4 saturated heterocycles. The van der Waals surface area contributed by atoms with E-state index in [0.717, 1.165) is 6.42 Å². The monoisotopic (exact) mass is 865 g/mol. The van der Waals surface area contributed by atoms with Crippen LogP contribution in [0, 0.1) is 41.4 Å². The van der Waals surface area contributed by atoms with Gasteiger partial charge < -0.3 is 53.5 Å². The number of nitrogens with one attached hydrogen (secondary N) is 1. The van der Waals surface area contributed by atoms with Crippen LogP contribution in [0.3, 0.4) is 0 Å². The van der Waals surface area contributed by atoms with Crippen molar-refractivity contribution < 1.29 is 87.4 Å². The van der Waals surface area contributed by atoms with Gasteiger partial charge in [-0.2, -0.15) is 0 Å². The molecular weight excluding hydrogens is 794 g/mol. The Hall–Kier alpha value is -1.65. The molecule has 6 heterocycles. The molecule has 1 aromatic rings. The van der Waals surface area contributed by atoms with Crippen LogP contribution in [-0.2, 0) is 33.3 Å². The van der Waals surface area contributed by atoms with E-state index < -0.39 is 94.9 Å². The zero-order valence-electron chi connectivity index (χ0n) is 38.5. The van der Waals surface area contributed by atoms with E-state index in [9.17, 15) is 29.7 Å². The molecular formula is C47H72NNaO12. The molecule has 14 heteroatoms. The van der Waals surface area contributed by atoms with Crippen molar-refractivity contribution in [2.24, 2.45) is 41.4 Å². The Bertz CT molecular complexity index is 1690. The predicted molar refractivity (Wildman–Crippen MR) is 220 cm³/mol. The van der Waals surface area contributed by atoms with Gasteiger partial charge in [-0.25, -0.2) is 0 Å². The Morgan fingerprint density at radius 2 is 1.64 bits per heavy atom. The number of aliphatic hydroxyl groups is 2. The number of Topliss-reactive ketones (excluding diaryl/α,β-unsaturated/α-hetero) is 1. The minimum absolute atomic E-state index is 0. The summed E-state index contributed by atoms with van der Waals surface area (Å²) in [6.45, 7) is 19.5. The second-order valence-electron chi connectivity index (χ2n) is 19.4. The molecule has 13 nitrogen and oxygen atoms in total. The molecule has 4 fully saturated rings. The fraction of sp³-hybridized carbons (Fsp3) is 0.809. The van der Waals surface area contributed by atoms with Gasteiger partial charge in [-0.3, -0.25) is 9.59 Å². The quantitative estimate of drug-likeness (QED) is 0.184. The molecule has 0 bridgehead atoms. The largest absolute Gasteiger partial charge is 1.00 e. The Morgan fingerprint density at radius 3 is 2.25 bits per heavy atom. The number of carboxylic acid groups (broad SMARTS) is 1. The number of carbonyl (C=O) groups excluding carboxylic acids is 3. The molecule has 18 atom stereocenters. The van der Waals surface area contributed by atoms with Crippen LogP contribution in [0.2, 0.25) is 0 Å². The normalized spacial score (nSPS) is 41.3. The molecule has 61 heavy (non-hydrogen) atoms. The van der Waals surface area contributed by atoms with Gasteiger partial charge in [0.05, 0.1) is 54.1 Å². The molecule has 6 rings (SSSR count). The third-order valence-corrected chi connectivity index (χ3v) is 15.5. The Balaban J connectivity index is 0.00000704. The second-order valence-corrected chi connectivity index (χ2v) is 19.4. The molecule has 0 aliphatic carbocycles. The average molecular weight is 866 g/mol. The number of amides is 1. The molecule has 0 aromatic carbocycles. The molecule has 3 N–H and O–H groups in total. The Kier molecular flexibility index (Phi) is 16.4. The predicted octanol–water partition coefficient (Wildman–Crippen LogP) is 2.89. The first kappa shape index (κ1) is 50.4. The summed E-state index contributed by atoms with van der Waals surface area (Å²) < 4.78 is 39.8. The maximum Gasteiger partial charge on any atom is 1.00 e. The number of ketones is 1. The van der Waals surface area contributed by atoms with Crippen LogP contribution in [0.4, 0.5) is 0 Å². The molecule has 2 spiro atoms. The van der Waals surface area contributed by atoms with Gasteiger partial charge in [0.2, 0.25) is 0 Å². The Morgan fingerprint density at radius 1 is 0.934 bits per heavy atom. The van der Waals surface area contributed by atoms with Gasteiger partial charge in [0.1, 0.15) is 11.8 Å². The van der Waals surface area contributed by atoms with Gasteiger partial charge in [0, 0.05) is 42.0 Å². The molecule has 1 amide bonds. The fourth-order valence-corrected chi connectivity index (χ4v) is 11.3. The van der Waals surface area contributed by atoms with Crippen LogP contribution >= 0.6 is 0 Å². The SMILES string of the molecule is CC[C@@H](C(=O)[C@@H](C)[C@@H](O)[C@H](C)[C@@H]1O[C@@H]([C@@H](CC)C(=O)[O-])CC[C@@H]1C)[C@H]1O[C@]2(C=C[C@H](NC(=O)c3ccco3)[C@]3(CC[C@@](C)([C@H]4CC[C@](O)(CC)[C@H](C)O4)O3)O2)[C@H](C)C[C@@H]1C.[Na+]. The first-order chi connectivity index (χ1) is 28.3. The maximum atomic E-state index is 14.6. The van der Waals surface area contributed by atoms with Crippen molar-refractivity contribution in [3.63, 3.8) is 0 Å². The Labute approximate surface area is 385 Å². The van der Waals surface area contributed by atoms with E-state index in [1.165, 1.54) is 6.26 Å². The van der Waals surface area contributed by atoms with Crippen LogP contribution in [0.1, 0.15) is 144 Å².